The number of alkyl halides is 3. The number of hydrogen-bond donors (Lipinski definition) is 2. The van der Waals surface area contributed by atoms with E-state index in [4.69, 9.17) is 14.6 Å². The van der Waals surface area contributed by atoms with Crippen LogP contribution in [0.1, 0.15) is 17.5 Å². The molecular formula is C19H21F3N2O4. The molecule has 6 nitrogen and oxygen atoms in total. The zero-order valence-corrected chi connectivity index (χ0v) is 15.0. The Morgan fingerprint density at radius 3 is 2.64 bits per heavy atom. The van der Waals surface area contributed by atoms with Gasteiger partial charge in [-0.25, -0.2) is 0 Å². The molecule has 0 bridgehead atoms. The van der Waals surface area contributed by atoms with Gasteiger partial charge in [0.2, 0.25) is 0 Å². The highest BCUT2D eigenvalue weighted by molar-refractivity contribution is 5.32. The molecule has 9 heteroatoms. The molecule has 2 aromatic rings. The summed E-state index contributed by atoms with van der Waals surface area (Å²) in [7, 11) is 0. The van der Waals surface area contributed by atoms with Crippen LogP contribution >= 0.6 is 0 Å². The summed E-state index contributed by atoms with van der Waals surface area (Å²) < 4.78 is 50.2. The van der Waals surface area contributed by atoms with Crippen LogP contribution in [0, 0.1) is 0 Å². The van der Waals surface area contributed by atoms with Gasteiger partial charge in [0, 0.05) is 19.3 Å². The SMILES string of the molecule is OCc1ccc(OCC(O)N2CCC(Oc3cnccc3C(F)(F)F)C2)cc1. The standard InChI is InChI=1S/C19H21F3N2O4/c20-19(21,22)16-5-7-23-9-17(16)28-15-6-8-24(10-15)18(26)12-27-14-3-1-13(11-25)2-4-14/h1-5,7,9,15,18,25-26H,6,8,10-12H2. The number of hydrogen-bond acceptors (Lipinski definition) is 6. The Labute approximate surface area is 160 Å². The first kappa shape index (κ1) is 20.4. The Bertz CT molecular complexity index is 771. The lowest BCUT2D eigenvalue weighted by Crippen LogP contribution is -2.38. The van der Waals surface area contributed by atoms with Crippen LogP contribution in [0.25, 0.3) is 0 Å². The number of ether oxygens (including phenoxy) is 2. The minimum Gasteiger partial charge on any atom is -0.489 e. The van der Waals surface area contributed by atoms with E-state index in [2.05, 4.69) is 4.98 Å². The fraction of sp³-hybridized carbons (Fsp3) is 0.421. The zero-order valence-electron chi connectivity index (χ0n) is 15.0. The van der Waals surface area contributed by atoms with Gasteiger partial charge in [-0.1, -0.05) is 12.1 Å². The highest BCUT2D eigenvalue weighted by atomic mass is 19.4. The molecule has 3 rings (SSSR count). The molecule has 2 heterocycles. The van der Waals surface area contributed by atoms with Crippen LogP contribution < -0.4 is 9.47 Å². The van der Waals surface area contributed by atoms with E-state index >= 15 is 0 Å². The van der Waals surface area contributed by atoms with Crippen molar-refractivity contribution in [1.82, 2.24) is 9.88 Å². The van der Waals surface area contributed by atoms with Gasteiger partial charge in [-0.15, -0.1) is 0 Å². The molecule has 1 saturated heterocycles. The molecule has 152 valence electrons. The number of aliphatic hydroxyl groups is 2. The van der Waals surface area contributed by atoms with Gasteiger partial charge in [0.05, 0.1) is 12.8 Å². The highest BCUT2D eigenvalue weighted by Gasteiger charge is 2.36. The predicted molar refractivity (Wildman–Crippen MR) is 93.7 cm³/mol. The first-order chi connectivity index (χ1) is 13.4. The van der Waals surface area contributed by atoms with Crippen molar-refractivity contribution < 1.29 is 32.9 Å². The van der Waals surface area contributed by atoms with E-state index in [9.17, 15) is 18.3 Å². The Kier molecular flexibility index (Phi) is 6.38. The van der Waals surface area contributed by atoms with Crippen molar-refractivity contribution in [3.05, 3.63) is 53.9 Å². The smallest absolute Gasteiger partial charge is 0.420 e. The molecule has 0 amide bonds. The van der Waals surface area contributed by atoms with Gasteiger partial charge in [0.25, 0.3) is 0 Å². The summed E-state index contributed by atoms with van der Waals surface area (Å²) in [6.07, 6.45) is -3.30. The molecule has 1 aliphatic rings. The maximum absolute atomic E-state index is 13.0. The number of pyridine rings is 1. The maximum Gasteiger partial charge on any atom is 0.420 e. The van der Waals surface area contributed by atoms with Gasteiger partial charge >= 0.3 is 6.18 Å². The van der Waals surface area contributed by atoms with Crippen molar-refractivity contribution in [2.24, 2.45) is 0 Å². The van der Waals surface area contributed by atoms with Gasteiger partial charge < -0.3 is 19.7 Å². The van der Waals surface area contributed by atoms with E-state index < -0.39 is 24.1 Å². The average molecular weight is 398 g/mol. The largest absolute Gasteiger partial charge is 0.489 e. The maximum atomic E-state index is 13.0. The third-order valence-corrected chi connectivity index (χ3v) is 4.49. The molecule has 28 heavy (non-hydrogen) atoms. The van der Waals surface area contributed by atoms with E-state index in [0.717, 1.165) is 24.0 Å². The minimum atomic E-state index is -4.52. The molecule has 0 saturated carbocycles. The lowest BCUT2D eigenvalue weighted by atomic mass is 10.2. The molecule has 1 aromatic carbocycles. The molecule has 2 atom stereocenters. The van der Waals surface area contributed by atoms with Gasteiger partial charge in [-0.2, -0.15) is 13.2 Å². The van der Waals surface area contributed by atoms with Gasteiger partial charge in [-0.05, 0) is 30.2 Å². The van der Waals surface area contributed by atoms with Gasteiger partial charge in [0.15, 0.2) is 0 Å². The van der Waals surface area contributed by atoms with Crippen molar-refractivity contribution in [1.29, 1.82) is 0 Å². The number of halogens is 3. The van der Waals surface area contributed by atoms with Crippen molar-refractivity contribution in [3.8, 4) is 11.5 Å². The second-order valence-electron chi connectivity index (χ2n) is 6.49. The van der Waals surface area contributed by atoms with E-state index in [1.165, 1.54) is 0 Å². The van der Waals surface area contributed by atoms with Crippen LogP contribution in [0.5, 0.6) is 11.5 Å². The summed E-state index contributed by atoms with van der Waals surface area (Å²) in [5, 5.41) is 19.3. The molecule has 0 spiro atoms. The summed E-state index contributed by atoms with van der Waals surface area (Å²) in [6.45, 7) is 0.692. The van der Waals surface area contributed by atoms with E-state index in [1.807, 2.05) is 0 Å². The second kappa shape index (κ2) is 8.76. The van der Waals surface area contributed by atoms with Crippen LogP contribution in [0.2, 0.25) is 0 Å². The fourth-order valence-corrected chi connectivity index (χ4v) is 2.98. The Morgan fingerprint density at radius 1 is 1.21 bits per heavy atom. The average Bonchev–Trinajstić information content (AvgIpc) is 3.14. The van der Waals surface area contributed by atoms with Crippen molar-refractivity contribution in [2.45, 2.75) is 31.5 Å². The summed E-state index contributed by atoms with van der Waals surface area (Å²) >= 11 is 0. The number of likely N-dealkylation sites (tertiary alicyclic amines) is 1. The number of aliphatic hydroxyl groups excluding tert-OH is 2. The van der Waals surface area contributed by atoms with Crippen LogP contribution in [0.3, 0.4) is 0 Å². The number of aromatic nitrogens is 1. The van der Waals surface area contributed by atoms with E-state index in [0.29, 0.717) is 18.7 Å². The first-order valence-electron chi connectivity index (χ1n) is 8.79. The topological polar surface area (TPSA) is 75.0 Å². The molecule has 1 fully saturated rings. The molecule has 0 aliphatic carbocycles. The fourth-order valence-electron chi connectivity index (χ4n) is 2.98. The van der Waals surface area contributed by atoms with Crippen LogP contribution in [-0.4, -0.2) is 52.1 Å². The summed E-state index contributed by atoms with van der Waals surface area (Å²) in [6, 6.07) is 7.69. The zero-order chi connectivity index (χ0) is 20.1. The molecule has 0 radical (unpaired) electrons. The van der Waals surface area contributed by atoms with Crippen LogP contribution in [0.4, 0.5) is 13.2 Å². The van der Waals surface area contributed by atoms with Crippen molar-refractivity contribution in [2.75, 3.05) is 19.7 Å². The Balaban J connectivity index is 1.52. The predicted octanol–water partition coefficient (Wildman–Crippen LogP) is 2.44. The minimum absolute atomic E-state index is 0.00584. The van der Waals surface area contributed by atoms with Crippen molar-refractivity contribution >= 4 is 0 Å². The Morgan fingerprint density at radius 2 is 1.96 bits per heavy atom. The van der Waals surface area contributed by atoms with Crippen molar-refractivity contribution in [3.63, 3.8) is 0 Å². The normalized spacial score (nSPS) is 18.8. The highest BCUT2D eigenvalue weighted by Crippen LogP contribution is 2.36. The number of benzene rings is 1. The monoisotopic (exact) mass is 398 g/mol. The third kappa shape index (κ3) is 5.12. The third-order valence-electron chi connectivity index (χ3n) is 4.49. The molecular weight excluding hydrogens is 377 g/mol. The molecule has 2 unspecified atom stereocenters. The number of rotatable bonds is 7. The lowest BCUT2D eigenvalue weighted by molar-refractivity contribution is -0.139. The Hall–Kier alpha value is -2.36. The molecule has 2 N–H and O–H groups in total. The van der Waals surface area contributed by atoms with Gasteiger partial charge in [-0.3, -0.25) is 9.88 Å². The first-order valence-corrected chi connectivity index (χ1v) is 8.79. The summed E-state index contributed by atoms with van der Waals surface area (Å²) in [5.41, 5.74) is -0.114. The summed E-state index contributed by atoms with van der Waals surface area (Å²) in [5.74, 6) is 0.241. The van der Waals surface area contributed by atoms with E-state index in [1.54, 1.807) is 29.2 Å². The second-order valence-corrected chi connectivity index (χ2v) is 6.49. The molecule has 1 aliphatic heterocycles. The number of nitrogens with zero attached hydrogens (tertiary/aromatic N) is 2. The summed E-state index contributed by atoms with van der Waals surface area (Å²) in [4.78, 5) is 5.40. The van der Waals surface area contributed by atoms with E-state index in [-0.39, 0.29) is 25.5 Å². The quantitative estimate of drug-likeness (QED) is 0.746. The molecule has 1 aromatic heterocycles. The van der Waals surface area contributed by atoms with Gasteiger partial charge in [0.1, 0.15) is 36.0 Å². The van der Waals surface area contributed by atoms with Crippen LogP contribution in [-0.2, 0) is 12.8 Å². The van der Waals surface area contributed by atoms with Crippen LogP contribution in [0.15, 0.2) is 42.7 Å². The lowest BCUT2D eigenvalue weighted by Gasteiger charge is -2.23.